The molecule has 0 aliphatic carbocycles. The average Bonchev–Trinajstić information content (AvgIpc) is 2.65. The minimum absolute atomic E-state index is 0.0317. The number of H-pyrrole nitrogens is 1. The second-order valence-electron chi connectivity index (χ2n) is 5.37. The number of carbonyl (C=O) groups is 1. The Kier molecular flexibility index (Phi) is 3.30. The number of amides is 1. The first-order valence-corrected chi connectivity index (χ1v) is 6.86. The third kappa shape index (κ3) is 2.20. The van der Waals surface area contributed by atoms with Crippen molar-refractivity contribution < 1.29 is 22.7 Å². The van der Waals surface area contributed by atoms with Crippen molar-refractivity contribution in [1.29, 1.82) is 0 Å². The summed E-state index contributed by atoms with van der Waals surface area (Å²) in [5.74, 6) is -1.31. The number of rotatable bonds is 1. The molecule has 0 saturated carbocycles. The zero-order valence-corrected chi connectivity index (χ0v) is 12.2. The number of hydrogen-bond donors (Lipinski definition) is 1. The third-order valence-electron chi connectivity index (χ3n) is 4.08. The molecule has 1 aliphatic heterocycles. The third-order valence-corrected chi connectivity index (χ3v) is 4.08. The van der Waals surface area contributed by atoms with E-state index < -0.39 is 12.1 Å². The molecule has 118 valence electrons. The topological polar surface area (TPSA) is 45.3 Å². The molecule has 1 amide bonds. The number of halogens is 3. The van der Waals surface area contributed by atoms with Gasteiger partial charge in [-0.1, -0.05) is 0 Å². The highest BCUT2D eigenvalue weighted by Crippen LogP contribution is 2.36. The molecule has 1 aromatic heterocycles. The number of aromatic nitrogens is 1. The van der Waals surface area contributed by atoms with Crippen LogP contribution in [0.15, 0.2) is 12.1 Å². The van der Waals surface area contributed by atoms with Crippen LogP contribution in [0.5, 0.6) is 5.75 Å². The highest BCUT2D eigenvalue weighted by Gasteiger charge is 2.43. The van der Waals surface area contributed by atoms with E-state index >= 15 is 0 Å². The second-order valence-corrected chi connectivity index (χ2v) is 5.37. The summed E-state index contributed by atoms with van der Waals surface area (Å²) >= 11 is 0. The first-order valence-electron chi connectivity index (χ1n) is 6.86. The van der Waals surface area contributed by atoms with Gasteiger partial charge in [-0.15, -0.1) is 0 Å². The molecule has 3 rings (SSSR count). The highest BCUT2D eigenvalue weighted by atomic mass is 19.4. The van der Waals surface area contributed by atoms with Crippen LogP contribution >= 0.6 is 0 Å². The maximum absolute atomic E-state index is 12.7. The molecule has 2 aromatic rings. The highest BCUT2D eigenvalue weighted by molar-refractivity contribution is 5.91. The summed E-state index contributed by atoms with van der Waals surface area (Å²) in [5.41, 5.74) is 3.33. The van der Waals surface area contributed by atoms with E-state index in [-0.39, 0.29) is 13.1 Å². The van der Waals surface area contributed by atoms with E-state index in [4.69, 9.17) is 4.74 Å². The lowest BCUT2D eigenvalue weighted by Gasteiger charge is -2.23. The van der Waals surface area contributed by atoms with Gasteiger partial charge < -0.3 is 14.6 Å². The van der Waals surface area contributed by atoms with Crippen molar-refractivity contribution in [2.45, 2.75) is 26.1 Å². The predicted molar refractivity (Wildman–Crippen MR) is 74.8 cm³/mol. The molecule has 0 bridgehead atoms. The van der Waals surface area contributed by atoms with Crippen LogP contribution in [-0.2, 0) is 17.8 Å². The summed E-state index contributed by atoms with van der Waals surface area (Å²) in [7, 11) is 1.47. The fraction of sp³-hybridized carbons (Fsp3) is 0.400. The maximum atomic E-state index is 12.7. The first kappa shape index (κ1) is 14.7. The number of nitrogens with zero attached hydrogens (tertiary/aromatic N) is 1. The van der Waals surface area contributed by atoms with Crippen LogP contribution < -0.4 is 4.74 Å². The molecule has 0 fully saturated rings. The number of benzene rings is 1. The monoisotopic (exact) mass is 312 g/mol. The van der Waals surface area contributed by atoms with Crippen molar-refractivity contribution in [2.24, 2.45) is 0 Å². The van der Waals surface area contributed by atoms with E-state index in [9.17, 15) is 18.0 Å². The Labute approximate surface area is 124 Å². The number of methoxy groups -OCH3 is 1. The quantitative estimate of drug-likeness (QED) is 0.880. The molecule has 7 heteroatoms. The van der Waals surface area contributed by atoms with Crippen molar-refractivity contribution in [3.8, 4) is 5.75 Å². The van der Waals surface area contributed by atoms with Crippen molar-refractivity contribution >= 4 is 16.8 Å². The number of aromatic amines is 1. The molecule has 22 heavy (non-hydrogen) atoms. The smallest absolute Gasteiger partial charge is 0.471 e. The van der Waals surface area contributed by atoms with Gasteiger partial charge in [0.1, 0.15) is 5.75 Å². The second kappa shape index (κ2) is 4.93. The van der Waals surface area contributed by atoms with E-state index in [2.05, 4.69) is 4.98 Å². The average molecular weight is 312 g/mol. The van der Waals surface area contributed by atoms with Crippen LogP contribution in [0.1, 0.15) is 16.8 Å². The van der Waals surface area contributed by atoms with Gasteiger partial charge in [-0.05, 0) is 31.0 Å². The summed E-state index contributed by atoms with van der Waals surface area (Å²) in [6, 6.07) is 3.55. The van der Waals surface area contributed by atoms with Gasteiger partial charge in [0, 0.05) is 28.7 Å². The molecular formula is C15H15F3N2O2. The van der Waals surface area contributed by atoms with E-state index in [1.165, 1.54) is 7.11 Å². The molecule has 0 saturated heterocycles. The SMILES string of the molecule is COc1ccc2[nH]c(C)c3c2c1CN(C(=O)C(F)(F)F)CC3. The van der Waals surface area contributed by atoms with Crippen LogP contribution in [0.2, 0.25) is 0 Å². The maximum Gasteiger partial charge on any atom is 0.471 e. The number of alkyl halides is 3. The van der Waals surface area contributed by atoms with Crippen LogP contribution in [-0.4, -0.2) is 35.6 Å². The van der Waals surface area contributed by atoms with E-state index in [1.54, 1.807) is 6.07 Å². The fourth-order valence-corrected chi connectivity index (χ4v) is 3.07. The molecule has 0 radical (unpaired) electrons. The summed E-state index contributed by atoms with van der Waals surface area (Å²) in [5, 5.41) is 0.870. The van der Waals surface area contributed by atoms with Crippen LogP contribution in [0, 0.1) is 6.92 Å². The Bertz CT molecular complexity index is 749. The van der Waals surface area contributed by atoms with Gasteiger partial charge >= 0.3 is 12.1 Å². The molecule has 2 heterocycles. The Morgan fingerprint density at radius 3 is 2.68 bits per heavy atom. The van der Waals surface area contributed by atoms with Crippen LogP contribution in [0.25, 0.3) is 10.9 Å². The van der Waals surface area contributed by atoms with Gasteiger partial charge in [0.2, 0.25) is 0 Å². The van der Waals surface area contributed by atoms with Gasteiger partial charge in [-0.2, -0.15) is 13.2 Å². The molecule has 1 N–H and O–H groups in total. The van der Waals surface area contributed by atoms with Crippen molar-refractivity contribution in [3.63, 3.8) is 0 Å². The fourth-order valence-electron chi connectivity index (χ4n) is 3.07. The minimum Gasteiger partial charge on any atom is -0.496 e. The number of aryl methyl sites for hydroxylation is 1. The number of ether oxygens (including phenoxy) is 1. The van der Waals surface area contributed by atoms with Gasteiger partial charge in [-0.25, -0.2) is 0 Å². The molecular weight excluding hydrogens is 297 g/mol. The van der Waals surface area contributed by atoms with Gasteiger partial charge in [-0.3, -0.25) is 4.79 Å². The standard InChI is InChI=1S/C15H15F3N2O2/c1-8-9-5-6-20(14(21)15(16,17)18)7-10-12(22-2)4-3-11(19-8)13(9)10/h3-4,19H,5-7H2,1-2H3. The molecule has 1 aliphatic rings. The molecule has 0 unspecified atom stereocenters. The normalized spacial score (nSPS) is 15.0. The number of nitrogens with one attached hydrogen (secondary N) is 1. The summed E-state index contributed by atoms with van der Waals surface area (Å²) < 4.78 is 43.5. The molecule has 1 aromatic carbocycles. The summed E-state index contributed by atoms with van der Waals surface area (Å²) in [6.45, 7) is 1.81. The largest absolute Gasteiger partial charge is 0.496 e. The summed E-state index contributed by atoms with van der Waals surface area (Å²) in [6.07, 6.45) is -4.48. The Balaban J connectivity index is 2.13. The van der Waals surface area contributed by atoms with Gasteiger partial charge in [0.15, 0.2) is 0 Å². The number of hydrogen-bond acceptors (Lipinski definition) is 2. The molecule has 0 spiro atoms. The lowest BCUT2D eigenvalue weighted by Crippen LogP contribution is -2.41. The molecule has 0 atom stereocenters. The van der Waals surface area contributed by atoms with Crippen molar-refractivity contribution in [2.75, 3.05) is 13.7 Å². The van der Waals surface area contributed by atoms with Crippen molar-refractivity contribution in [3.05, 3.63) is 29.0 Å². The lowest BCUT2D eigenvalue weighted by atomic mass is 10.0. The zero-order chi connectivity index (χ0) is 16.1. The Morgan fingerprint density at radius 1 is 1.32 bits per heavy atom. The minimum atomic E-state index is -4.86. The van der Waals surface area contributed by atoms with E-state index in [0.29, 0.717) is 17.7 Å². The zero-order valence-electron chi connectivity index (χ0n) is 12.2. The van der Waals surface area contributed by atoms with Gasteiger partial charge in [0.25, 0.3) is 0 Å². The van der Waals surface area contributed by atoms with Crippen LogP contribution in [0.4, 0.5) is 13.2 Å². The summed E-state index contributed by atoms with van der Waals surface area (Å²) in [4.78, 5) is 15.7. The Morgan fingerprint density at radius 2 is 2.05 bits per heavy atom. The van der Waals surface area contributed by atoms with E-state index in [0.717, 1.165) is 27.1 Å². The van der Waals surface area contributed by atoms with Gasteiger partial charge in [0.05, 0.1) is 13.7 Å². The molecule has 4 nitrogen and oxygen atoms in total. The Hall–Kier alpha value is -2.18. The van der Waals surface area contributed by atoms with Crippen LogP contribution in [0.3, 0.4) is 0 Å². The predicted octanol–water partition coefficient (Wildman–Crippen LogP) is 2.93. The van der Waals surface area contributed by atoms with Crippen molar-refractivity contribution in [1.82, 2.24) is 9.88 Å². The van der Waals surface area contributed by atoms with E-state index in [1.807, 2.05) is 13.0 Å². The first-order chi connectivity index (χ1) is 10.3. The lowest BCUT2D eigenvalue weighted by molar-refractivity contribution is -0.186. The number of carbonyl (C=O) groups excluding carboxylic acids is 1.